The molecule has 1 aromatic carbocycles. The summed E-state index contributed by atoms with van der Waals surface area (Å²) in [7, 11) is 0. The first-order chi connectivity index (χ1) is 8.24. The van der Waals surface area contributed by atoms with Crippen molar-refractivity contribution in [1.82, 2.24) is 0 Å². The number of hydrogen-bond donors (Lipinski definition) is 0. The monoisotopic (exact) mass is 275 g/mol. The van der Waals surface area contributed by atoms with Gasteiger partial charge in [-0.25, -0.2) is 0 Å². The molecule has 0 aliphatic heterocycles. The van der Waals surface area contributed by atoms with E-state index in [1.54, 1.807) is 31.2 Å². The van der Waals surface area contributed by atoms with Gasteiger partial charge in [0.15, 0.2) is 0 Å². The summed E-state index contributed by atoms with van der Waals surface area (Å²) in [5, 5.41) is 9.62. The van der Waals surface area contributed by atoms with Crippen LogP contribution in [0.2, 0.25) is 5.02 Å². The Hall–Kier alpha value is -1.21. The summed E-state index contributed by atoms with van der Waals surface area (Å²) in [5.41, 5.74) is -0.200. The Morgan fingerprint density at radius 3 is 2.17 bits per heavy atom. The molecule has 1 rings (SSSR count). The third kappa shape index (κ3) is 4.97. The van der Waals surface area contributed by atoms with Crippen LogP contribution >= 0.6 is 11.6 Å². The van der Waals surface area contributed by atoms with E-state index >= 15 is 0 Å². The minimum atomic E-state index is -4.22. The molecule has 0 amide bonds. The quantitative estimate of drug-likeness (QED) is 0.777. The van der Waals surface area contributed by atoms with E-state index in [0.717, 1.165) is 5.56 Å². The van der Waals surface area contributed by atoms with Crippen LogP contribution in [0.5, 0.6) is 0 Å². The van der Waals surface area contributed by atoms with E-state index in [1.165, 1.54) is 0 Å². The van der Waals surface area contributed by atoms with Crippen LogP contribution < -0.4 is 0 Å². The molecule has 0 bridgehead atoms. The molecular formula is C13H13ClF3N. The molecule has 1 nitrogen and oxygen atoms in total. The van der Waals surface area contributed by atoms with E-state index < -0.39 is 18.0 Å². The van der Waals surface area contributed by atoms with Crippen LogP contribution in [0.3, 0.4) is 0 Å². The summed E-state index contributed by atoms with van der Waals surface area (Å²) in [6.45, 7) is 1.55. The zero-order valence-electron chi connectivity index (χ0n) is 9.89. The van der Waals surface area contributed by atoms with Gasteiger partial charge in [0.2, 0.25) is 0 Å². The Morgan fingerprint density at radius 1 is 1.17 bits per heavy atom. The highest BCUT2D eigenvalue weighted by Crippen LogP contribution is 2.33. The lowest BCUT2D eigenvalue weighted by atomic mass is 9.81. The lowest BCUT2D eigenvalue weighted by Gasteiger charge is -2.22. The Kier molecular flexibility index (Phi) is 4.64. The Morgan fingerprint density at radius 2 is 1.72 bits per heavy atom. The first-order valence-electron chi connectivity index (χ1n) is 5.47. The van der Waals surface area contributed by atoms with Crippen LogP contribution in [0.1, 0.15) is 25.3 Å². The molecule has 0 aromatic heterocycles. The van der Waals surface area contributed by atoms with Crippen molar-refractivity contribution < 1.29 is 13.2 Å². The molecule has 0 aliphatic carbocycles. The Labute approximate surface area is 109 Å². The van der Waals surface area contributed by atoms with Gasteiger partial charge < -0.3 is 0 Å². The number of nitriles is 1. The number of halogens is 4. The fourth-order valence-electron chi connectivity index (χ4n) is 1.65. The van der Waals surface area contributed by atoms with E-state index in [-0.39, 0.29) is 12.8 Å². The molecule has 0 aliphatic rings. The summed E-state index contributed by atoms with van der Waals surface area (Å²) in [5.74, 6) is 0. The lowest BCUT2D eigenvalue weighted by molar-refractivity contribution is -0.138. The van der Waals surface area contributed by atoms with Crippen molar-refractivity contribution in [3.05, 3.63) is 34.9 Å². The maximum absolute atomic E-state index is 12.2. The van der Waals surface area contributed by atoms with Gasteiger partial charge in [0.1, 0.15) is 0 Å². The smallest absolute Gasteiger partial charge is 0.198 e. The van der Waals surface area contributed by atoms with Crippen molar-refractivity contribution in [3.8, 4) is 6.07 Å². The van der Waals surface area contributed by atoms with E-state index in [4.69, 9.17) is 16.9 Å². The molecule has 1 atom stereocenters. The van der Waals surface area contributed by atoms with Gasteiger partial charge in [-0.05, 0) is 37.5 Å². The molecule has 0 saturated carbocycles. The molecule has 1 aromatic rings. The average Bonchev–Trinajstić information content (AvgIpc) is 2.29. The predicted octanol–water partition coefficient (Wildman–Crippen LogP) is 4.75. The van der Waals surface area contributed by atoms with Crippen LogP contribution in [-0.2, 0) is 6.42 Å². The molecule has 0 heterocycles. The minimum Gasteiger partial charge on any atom is -0.198 e. The van der Waals surface area contributed by atoms with Gasteiger partial charge in [-0.15, -0.1) is 0 Å². The summed E-state index contributed by atoms with van der Waals surface area (Å²) < 4.78 is 36.6. The van der Waals surface area contributed by atoms with Crippen LogP contribution in [0, 0.1) is 16.7 Å². The molecule has 5 heteroatoms. The molecule has 0 radical (unpaired) electrons. The fraction of sp³-hybridized carbons (Fsp3) is 0.462. The lowest BCUT2D eigenvalue weighted by Crippen LogP contribution is -2.21. The standard InChI is InChI=1S/C13H13ClF3N/c1-12(9-18,6-7-13(15,16)17)8-10-2-4-11(14)5-3-10/h2-5H,6-8H2,1H3. The molecule has 0 saturated heterocycles. The summed E-state index contributed by atoms with van der Waals surface area (Å²) in [6, 6.07) is 8.77. The van der Waals surface area contributed by atoms with Gasteiger partial charge in [0.25, 0.3) is 0 Å². The van der Waals surface area contributed by atoms with E-state index in [2.05, 4.69) is 0 Å². The highest BCUT2D eigenvalue weighted by molar-refractivity contribution is 6.30. The summed E-state index contributed by atoms with van der Waals surface area (Å²) >= 11 is 5.72. The van der Waals surface area contributed by atoms with Crippen LogP contribution in [0.25, 0.3) is 0 Å². The number of benzene rings is 1. The largest absolute Gasteiger partial charge is 0.389 e. The number of hydrogen-bond acceptors (Lipinski definition) is 1. The van der Waals surface area contributed by atoms with Crippen LogP contribution in [0.15, 0.2) is 24.3 Å². The Balaban J connectivity index is 2.71. The summed E-state index contributed by atoms with van der Waals surface area (Å²) in [6.07, 6.45) is -5.07. The van der Waals surface area contributed by atoms with Crippen molar-refractivity contribution in [3.63, 3.8) is 0 Å². The van der Waals surface area contributed by atoms with Crippen LogP contribution in [-0.4, -0.2) is 6.18 Å². The number of alkyl halides is 3. The van der Waals surface area contributed by atoms with Crippen LogP contribution in [0.4, 0.5) is 13.2 Å². The van der Waals surface area contributed by atoms with Crippen molar-refractivity contribution >= 4 is 11.6 Å². The molecule has 18 heavy (non-hydrogen) atoms. The van der Waals surface area contributed by atoms with Gasteiger partial charge in [-0.3, -0.25) is 0 Å². The molecule has 0 spiro atoms. The zero-order chi connectivity index (χ0) is 13.8. The normalized spacial score (nSPS) is 14.9. The first-order valence-corrected chi connectivity index (χ1v) is 5.84. The third-order valence-corrected chi connectivity index (χ3v) is 2.99. The average molecular weight is 276 g/mol. The maximum Gasteiger partial charge on any atom is 0.389 e. The van der Waals surface area contributed by atoms with Gasteiger partial charge in [0.05, 0.1) is 11.5 Å². The fourth-order valence-corrected chi connectivity index (χ4v) is 1.78. The highest BCUT2D eigenvalue weighted by atomic mass is 35.5. The van der Waals surface area contributed by atoms with Crippen molar-refractivity contribution in [1.29, 1.82) is 5.26 Å². The van der Waals surface area contributed by atoms with Gasteiger partial charge in [-0.1, -0.05) is 23.7 Å². The molecule has 0 fully saturated rings. The predicted molar refractivity (Wildman–Crippen MR) is 64.2 cm³/mol. The number of rotatable bonds is 4. The second kappa shape index (κ2) is 5.62. The van der Waals surface area contributed by atoms with Gasteiger partial charge >= 0.3 is 6.18 Å². The van der Waals surface area contributed by atoms with E-state index in [0.29, 0.717) is 5.02 Å². The zero-order valence-corrected chi connectivity index (χ0v) is 10.6. The topological polar surface area (TPSA) is 23.8 Å². The summed E-state index contributed by atoms with van der Waals surface area (Å²) in [4.78, 5) is 0. The van der Waals surface area contributed by atoms with Crippen molar-refractivity contribution in [2.45, 2.75) is 32.4 Å². The van der Waals surface area contributed by atoms with E-state index in [1.807, 2.05) is 6.07 Å². The second-order valence-electron chi connectivity index (χ2n) is 4.59. The molecule has 0 N–H and O–H groups in total. The van der Waals surface area contributed by atoms with Crippen molar-refractivity contribution in [2.24, 2.45) is 5.41 Å². The van der Waals surface area contributed by atoms with Crippen molar-refractivity contribution in [2.75, 3.05) is 0 Å². The minimum absolute atomic E-state index is 0.199. The SMILES string of the molecule is CC(C#N)(CCC(F)(F)F)Cc1ccc(Cl)cc1. The molecular weight excluding hydrogens is 263 g/mol. The van der Waals surface area contributed by atoms with E-state index in [9.17, 15) is 13.2 Å². The Bertz CT molecular complexity index is 433. The third-order valence-electron chi connectivity index (χ3n) is 2.74. The van der Waals surface area contributed by atoms with Gasteiger partial charge in [-0.2, -0.15) is 18.4 Å². The second-order valence-corrected chi connectivity index (χ2v) is 5.03. The van der Waals surface area contributed by atoms with Gasteiger partial charge in [0, 0.05) is 11.4 Å². The highest BCUT2D eigenvalue weighted by Gasteiger charge is 2.33. The number of nitrogens with zero attached hydrogens (tertiary/aromatic N) is 1. The molecule has 98 valence electrons. The maximum atomic E-state index is 12.2. The first kappa shape index (κ1) is 14.8. The molecule has 1 unspecified atom stereocenters.